The molecule has 1 aromatic rings. The van der Waals surface area contributed by atoms with E-state index in [1.807, 2.05) is 0 Å². The molecule has 1 aromatic carbocycles. The summed E-state index contributed by atoms with van der Waals surface area (Å²) in [5.41, 5.74) is 0.558. The summed E-state index contributed by atoms with van der Waals surface area (Å²) in [6, 6.07) is 4.99. The van der Waals surface area contributed by atoms with Gasteiger partial charge in [0.05, 0.1) is 0 Å². The maximum absolute atomic E-state index is 12.4. The van der Waals surface area contributed by atoms with E-state index in [-0.39, 0.29) is 5.75 Å². The molecule has 2 N–H and O–H groups in total. The zero-order valence-electron chi connectivity index (χ0n) is 12.4. The molecule has 0 radical (unpaired) electrons. The molecule has 4 nitrogen and oxygen atoms in total. The second kappa shape index (κ2) is 8.17. The van der Waals surface area contributed by atoms with E-state index in [1.165, 1.54) is 25.0 Å². The number of halogens is 3. The molecule has 2 rings (SSSR count). The van der Waals surface area contributed by atoms with Crippen molar-refractivity contribution in [3.05, 3.63) is 28.8 Å². The second-order valence-corrected chi connectivity index (χ2v) is 5.62. The molecular weight excluding hydrogens is 312 g/mol. The van der Waals surface area contributed by atoms with Crippen LogP contribution >= 0.6 is 11.6 Å². The third-order valence-electron chi connectivity index (χ3n) is 3.60. The van der Waals surface area contributed by atoms with Gasteiger partial charge in [-0.1, -0.05) is 24.4 Å². The predicted molar refractivity (Wildman–Crippen MR) is 83.7 cm³/mol. The Balaban J connectivity index is 1.98. The summed E-state index contributed by atoms with van der Waals surface area (Å²) >= 11 is 5.92. The molecule has 7 heteroatoms. The largest absolute Gasteiger partial charge is 0.434 e. The molecule has 1 fully saturated rings. The van der Waals surface area contributed by atoms with Crippen LogP contribution in [0.2, 0.25) is 5.02 Å². The maximum atomic E-state index is 12.4. The van der Waals surface area contributed by atoms with E-state index in [4.69, 9.17) is 11.6 Å². The smallest absolute Gasteiger partial charge is 0.387 e. The van der Waals surface area contributed by atoms with Crippen LogP contribution in [-0.2, 0) is 6.54 Å². The van der Waals surface area contributed by atoms with Crippen molar-refractivity contribution in [2.24, 2.45) is 4.99 Å². The van der Waals surface area contributed by atoms with Crippen LogP contribution in [0.5, 0.6) is 5.75 Å². The fraction of sp³-hybridized carbons (Fsp3) is 0.533. The van der Waals surface area contributed by atoms with E-state index in [0.717, 1.165) is 12.8 Å². The number of guanidine groups is 1. The van der Waals surface area contributed by atoms with Crippen LogP contribution in [-0.4, -0.2) is 25.7 Å². The van der Waals surface area contributed by atoms with E-state index in [0.29, 0.717) is 29.1 Å². The van der Waals surface area contributed by atoms with Crippen molar-refractivity contribution in [3.8, 4) is 5.75 Å². The number of aliphatic imine (C=N–C) groups is 1. The van der Waals surface area contributed by atoms with Crippen LogP contribution in [0.15, 0.2) is 23.2 Å². The molecule has 0 amide bonds. The van der Waals surface area contributed by atoms with Gasteiger partial charge < -0.3 is 15.4 Å². The van der Waals surface area contributed by atoms with Gasteiger partial charge >= 0.3 is 6.61 Å². The fourth-order valence-electron chi connectivity index (χ4n) is 2.53. The molecule has 1 saturated carbocycles. The Labute approximate surface area is 133 Å². The highest BCUT2D eigenvalue weighted by atomic mass is 35.5. The highest BCUT2D eigenvalue weighted by Crippen LogP contribution is 2.24. The zero-order chi connectivity index (χ0) is 15.9. The molecule has 0 spiro atoms. The molecule has 1 aliphatic carbocycles. The fourth-order valence-corrected chi connectivity index (χ4v) is 2.73. The Morgan fingerprint density at radius 2 is 2.14 bits per heavy atom. The quantitative estimate of drug-likeness (QED) is 0.640. The minimum Gasteiger partial charge on any atom is -0.434 e. The Morgan fingerprint density at radius 3 is 2.77 bits per heavy atom. The number of ether oxygens (including phenoxy) is 1. The van der Waals surface area contributed by atoms with Crippen LogP contribution in [0.4, 0.5) is 8.78 Å². The first kappa shape index (κ1) is 16.8. The van der Waals surface area contributed by atoms with Crippen molar-refractivity contribution in [3.63, 3.8) is 0 Å². The normalized spacial score (nSPS) is 16.1. The maximum Gasteiger partial charge on any atom is 0.387 e. The SMILES string of the molecule is CN=C(NCc1cc(Cl)ccc1OC(F)F)NC1CCCC1. The predicted octanol–water partition coefficient (Wildman–Crippen LogP) is 3.55. The summed E-state index contributed by atoms with van der Waals surface area (Å²) < 4.78 is 29.4. The molecular formula is C15H20ClF2N3O. The standard InChI is InChI=1S/C15H20ClF2N3O/c1-19-15(21-12-4-2-3-5-12)20-9-10-8-11(16)6-7-13(10)22-14(17)18/h6-8,12,14H,2-5,9H2,1H3,(H2,19,20,21). The molecule has 0 saturated heterocycles. The molecule has 0 aromatic heterocycles. The van der Waals surface area contributed by atoms with Crippen LogP contribution in [0, 0.1) is 0 Å². The summed E-state index contributed by atoms with van der Waals surface area (Å²) in [7, 11) is 1.68. The first-order valence-electron chi connectivity index (χ1n) is 7.29. The van der Waals surface area contributed by atoms with Crippen molar-refractivity contribution in [2.75, 3.05) is 7.05 Å². The van der Waals surface area contributed by atoms with E-state index < -0.39 is 6.61 Å². The molecule has 0 unspecified atom stereocenters. The lowest BCUT2D eigenvalue weighted by Crippen LogP contribution is -2.42. The summed E-state index contributed by atoms with van der Waals surface area (Å²) in [6.07, 6.45) is 4.68. The Morgan fingerprint density at radius 1 is 1.41 bits per heavy atom. The van der Waals surface area contributed by atoms with Gasteiger partial charge in [0.1, 0.15) is 5.75 Å². The van der Waals surface area contributed by atoms with E-state index in [2.05, 4.69) is 20.4 Å². The van der Waals surface area contributed by atoms with Gasteiger partial charge in [0, 0.05) is 30.2 Å². The molecule has 22 heavy (non-hydrogen) atoms. The number of nitrogens with zero attached hydrogens (tertiary/aromatic N) is 1. The van der Waals surface area contributed by atoms with E-state index in [1.54, 1.807) is 13.1 Å². The number of benzene rings is 1. The minimum absolute atomic E-state index is 0.114. The topological polar surface area (TPSA) is 45.7 Å². The number of alkyl halides is 2. The molecule has 0 atom stereocenters. The van der Waals surface area contributed by atoms with E-state index in [9.17, 15) is 8.78 Å². The van der Waals surface area contributed by atoms with E-state index >= 15 is 0 Å². The zero-order valence-corrected chi connectivity index (χ0v) is 13.2. The molecule has 1 aliphatic rings. The van der Waals surface area contributed by atoms with Crippen molar-refractivity contribution >= 4 is 17.6 Å². The highest BCUT2D eigenvalue weighted by molar-refractivity contribution is 6.30. The summed E-state index contributed by atoms with van der Waals surface area (Å²) in [6.45, 7) is -2.56. The lowest BCUT2D eigenvalue weighted by Gasteiger charge is -2.18. The summed E-state index contributed by atoms with van der Waals surface area (Å²) in [4.78, 5) is 4.15. The third kappa shape index (κ3) is 5.02. The Hall–Kier alpha value is -1.56. The first-order valence-corrected chi connectivity index (χ1v) is 7.66. The minimum atomic E-state index is -2.86. The van der Waals surface area contributed by atoms with Crippen LogP contribution < -0.4 is 15.4 Å². The van der Waals surface area contributed by atoms with Gasteiger partial charge in [0.15, 0.2) is 5.96 Å². The van der Waals surface area contributed by atoms with Gasteiger partial charge in [-0.25, -0.2) is 0 Å². The lowest BCUT2D eigenvalue weighted by atomic mass is 10.2. The van der Waals surface area contributed by atoms with Gasteiger partial charge in [-0.05, 0) is 31.0 Å². The van der Waals surface area contributed by atoms with Gasteiger partial charge in [0.25, 0.3) is 0 Å². The number of hydrogen-bond acceptors (Lipinski definition) is 2. The van der Waals surface area contributed by atoms with Crippen LogP contribution in [0.25, 0.3) is 0 Å². The van der Waals surface area contributed by atoms with Gasteiger partial charge in [-0.15, -0.1) is 0 Å². The molecule has 0 aliphatic heterocycles. The molecule has 0 heterocycles. The van der Waals surface area contributed by atoms with Crippen LogP contribution in [0.1, 0.15) is 31.2 Å². The summed E-state index contributed by atoms with van der Waals surface area (Å²) in [5.74, 6) is 0.762. The lowest BCUT2D eigenvalue weighted by molar-refractivity contribution is -0.0504. The number of hydrogen-bond donors (Lipinski definition) is 2. The second-order valence-electron chi connectivity index (χ2n) is 5.18. The molecule has 122 valence electrons. The average Bonchev–Trinajstić information content (AvgIpc) is 2.98. The van der Waals surface area contributed by atoms with Crippen molar-refractivity contribution in [2.45, 2.75) is 44.9 Å². The van der Waals surface area contributed by atoms with Crippen molar-refractivity contribution in [1.29, 1.82) is 0 Å². The average molecular weight is 332 g/mol. The van der Waals surface area contributed by atoms with Gasteiger partial charge in [0.2, 0.25) is 0 Å². The van der Waals surface area contributed by atoms with Gasteiger partial charge in [-0.2, -0.15) is 8.78 Å². The Bertz CT molecular complexity index is 520. The number of rotatable bonds is 5. The van der Waals surface area contributed by atoms with Crippen molar-refractivity contribution < 1.29 is 13.5 Å². The van der Waals surface area contributed by atoms with Gasteiger partial charge in [-0.3, -0.25) is 4.99 Å². The summed E-state index contributed by atoms with van der Waals surface area (Å²) in [5, 5.41) is 6.91. The number of nitrogens with one attached hydrogen (secondary N) is 2. The molecule has 0 bridgehead atoms. The first-order chi connectivity index (χ1) is 10.6. The van der Waals surface area contributed by atoms with Crippen LogP contribution in [0.3, 0.4) is 0 Å². The Kier molecular flexibility index (Phi) is 6.24. The van der Waals surface area contributed by atoms with Crippen molar-refractivity contribution in [1.82, 2.24) is 10.6 Å². The monoisotopic (exact) mass is 331 g/mol. The third-order valence-corrected chi connectivity index (χ3v) is 3.84. The highest BCUT2D eigenvalue weighted by Gasteiger charge is 2.16.